The number of aromatic nitrogens is 2. The van der Waals surface area contributed by atoms with Crippen LogP contribution in [0.5, 0.6) is 0 Å². The van der Waals surface area contributed by atoms with E-state index in [2.05, 4.69) is 32.3 Å². The minimum Gasteiger partial charge on any atom is -0.378 e. The maximum atomic E-state index is 13.0. The summed E-state index contributed by atoms with van der Waals surface area (Å²) in [6, 6.07) is 17.7. The van der Waals surface area contributed by atoms with Gasteiger partial charge in [0, 0.05) is 38.1 Å². The number of ether oxygens (including phenoxy) is 2. The van der Waals surface area contributed by atoms with Crippen molar-refractivity contribution in [2.75, 3.05) is 67.7 Å². The fourth-order valence-electron chi connectivity index (χ4n) is 4.07. The highest BCUT2D eigenvalue weighted by atomic mass is 16.5. The summed E-state index contributed by atoms with van der Waals surface area (Å²) in [5, 5.41) is 7.54. The Hall–Kier alpha value is -3.36. The van der Waals surface area contributed by atoms with Crippen molar-refractivity contribution in [2.24, 2.45) is 0 Å². The monoisotopic (exact) mass is 433 g/mol. The Bertz CT molecular complexity index is 1060. The number of rotatable bonds is 5. The zero-order chi connectivity index (χ0) is 21.8. The summed E-state index contributed by atoms with van der Waals surface area (Å²) in [5.41, 5.74) is 4.21. The normalized spacial score (nSPS) is 16.8. The molecule has 0 radical (unpaired) electrons. The summed E-state index contributed by atoms with van der Waals surface area (Å²) in [4.78, 5) is 17.6. The maximum absolute atomic E-state index is 13.0. The molecule has 3 heterocycles. The number of hydrogen-bond acceptors (Lipinski definition) is 6. The summed E-state index contributed by atoms with van der Waals surface area (Å²) in [5.74, 6) is -0.228. The molecule has 0 bridgehead atoms. The molecule has 2 aromatic carbocycles. The van der Waals surface area contributed by atoms with Crippen LogP contribution in [0, 0.1) is 0 Å². The van der Waals surface area contributed by atoms with Crippen molar-refractivity contribution < 1.29 is 14.3 Å². The van der Waals surface area contributed by atoms with Crippen LogP contribution < -0.4 is 15.1 Å². The SMILES string of the molecule is O=C(Nc1ccc(N2CCOCC2)cc1N1CCOCC1)c1ccn(-c2ccccc2)n1. The number of hydrogen-bond donors (Lipinski definition) is 1. The highest BCUT2D eigenvalue weighted by Gasteiger charge is 2.20. The van der Waals surface area contributed by atoms with E-state index in [0.29, 0.717) is 18.9 Å². The van der Waals surface area contributed by atoms with Gasteiger partial charge in [-0.05, 0) is 36.4 Å². The number of anilines is 3. The molecule has 0 saturated carbocycles. The predicted octanol–water partition coefficient (Wildman–Crippen LogP) is 2.80. The minimum atomic E-state index is -0.228. The maximum Gasteiger partial charge on any atom is 0.276 e. The van der Waals surface area contributed by atoms with Crippen molar-refractivity contribution in [1.29, 1.82) is 0 Å². The topological polar surface area (TPSA) is 71.9 Å². The predicted molar refractivity (Wildman–Crippen MR) is 124 cm³/mol. The smallest absolute Gasteiger partial charge is 0.276 e. The molecular formula is C24H27N5O3. The van der Waals surface area contributed by atoms with Gasteiger partial charge in [-0.15, -0.1) is 0 Å². The molecule has 2 aliphatic heterocycles. The van der Waals surface area contributed by atoms with Gasteiger partial charge in [0.2, 0.25) is 0 Å². The van der Waals surface area contributed by atoms with Gasteiger partial charge in [0.1, 0.15) is 0 Å². The molecule has 5 rings (SSSR count). The lowest BCUT2D eigenvalue weighted by Crippen LogP contribution is -2.38. The number of benzene rings is 2. The second-order valence-corrected chi connectivity index (χ2v) is 7.84. The summed E-state index contributed by atoms with van der Waals surface area (Å²) in [7, 11) is 0. The van der Waals surface area contributed by atoms with Gasteiger partial charge in [-0.25, -0.2) is 4.68 Å². The molecule has 166 valence electrons. The first-order valence-electron chi connectivity index (χ1n) is 11.0. The number of carbonyl (C=O) groups is 1. The Morgan fingerprint density at radius 1 is 0.812 bits per heavy atom. The van der Waals surface area contributed by atoms with Crippen molar-refractivity contribution in [3.05, 3.63) is 66.5 Å². The minimum absolute atomic E-state index is 0.228. The average Bonchev–Trinajstić information content (AvgIpc) is 3.37. The Kier molecular flexibility index (Phi) is 6.04. The van der Waals surface area contributed by atoms with Crippen molar-refractivity contribution in [1.82, 2.24) is 9.78 Å². The summed E-state index contributed by atoms with van der Waals surface area (Å²) in [6.45, 7) is 6.13. The first kappa shape index (κ1) is 20.5. The molecule has 1 N–H and O–H groups in total. The second-order valence-electron chi connectivity index (χ2n) is 7.84. The molecular weight excluding hydrogens is 406 g/mol. The fraction of sp³-hybridized carbons (Fsp3) is 0.333. The van der Waals surface area contributed by atoms with Crippen LogP contribution in [0.15, 0.2) is 60.8 Å². The van der Waals surface area contributed by atoms with Gasteiger partial charge in [-0.3, -0.25) is 4.79 Å². The van der Waals surface area contributed by atoms with Gasteiger partial charge in [0.25, 0.3) is 5.91 Å². The van der Waals surface area contributed by atoms with Crippen LogP contribution in [0.25, 0.3) is 5.69 Å². The van der Waals surface area contributed by atoms with Gasteiger partial charge in [-0.1, -0.05) is 18.2 Å². The molecule has 0 atom stereocenters. The Balaban J connectivity index is 1.39. The van der Waals surface area contributed by atoms with Crippen LogP contribution in [0.3, 0.4) is 0 Å². The molecule has 8 heteroatoms. The van der Waals surface area contributed by atoms with Crippen LogP contribution in [-0.4, -0.2) is 68.3 Å². The molecule has 0 spiro atoms. The lowest BCUT2D eigenvalue weighted by molar-refractivity contribution is 0.102. The number of nitrogens with zero attached hydrogens (tertiary/aromatic N) is 4. The first-order valence-corrected chi connectivity index (χ1v) is 11.0. The van der Waals surface area contributed by atoms with Gasteiger partial charge in [0.05, 0.1) is 43.5 Å². The van der Waals surface area contributed by atoms with Crippen molar-refractivity contribution in [3.63, 3.8) is 0 Å². The molecule has 8 nitrogen and oxygen atoms in total. The molecule has 1 amide bonds. The Morgan fingerprint density at radius 3 is 2.22 bits per heavy atom. The Morgan fingerprint density at radius 2 is 1.50 bits per heavy atom. The molecule has 0 unspecified atom stereocenters. The zero-order valence-electron chi connectivity index (χ0n) is 17.9. The third-order valence-electron chi connectivity index (χ3n) is 5.80. The number of para-hydroxylation sites is 1. The van der Waals surface area contributed by atoms with Crippen LogP contribution >= 0.6 is 0 Å². The van der Waals surface area contributed by atoms with Crippen LogP contribution in [0.4, 0.5) is 17.1 Å². The quantitative estimate of drug-likeness (QED) is 0.667. The molecule has 32 heavy (non-hydrogen) atoms. The lowest BCUT2D eigenvalue weighted by Gasteiger charge is -2.33. The number of nitrogens with one attached hydrogen (secondary N) is 1. The molecule has 2 fully saturated rings. The van der Waals surface area contributed by atoms with Crippen LogP contribution in [0.1, 0.15) is 10.5 Å². The summed E-state index contributed by atoms with van der Waals surface area (Å²) >= 11 is 0. The molecule has 0 aliphatic carbocycles. The second kappa shape index (κ2) is 9.42. The number of carbonyl (C=O) groups excluding carboxylic acids is 1. The van der Waals surface area contributed by atoms with Crippen LogP contribution in [0.2, 0.25) is 0 Å². The van der Waals surface area contributed by atoms with Crippen molar-refractivity contribution in [2.45, 2.75) is 0 Å². The molecule has 2 saturated heterocycles. The molecule has 1 aromatic heterocycles. The number of morpholine rings is 2. The van der Waals surface area contributed by atoms with Gasteiger partial charge < -0.3 is 24.6 Å². The van der Waals surface area contributed by atoms with E-state index in [0.717, 1.165) is 62.1 Å². The van der Waals surface area contributed by atoms with E-state index in [1.54, 1.807) is 16.9 Å². The van der Waals surface area contributed by atoms with Gasteiger partial charge in [-0.2, -0.15) is 5.10 Å². The van der Waals surface area contributed by atoms with Gasteiger partial charge >= 0.3 is 0 Å². The van der Waals surface area contributed by atoms with Gasteiger partial charge in [0.15, 0.2) is 5.69 Å². The molecule has 2 aliphatic rings. The third-order valence-corrected chi connectivity index (χ3v) is 5.80. The van der Waals surface area contributed by atoms with Crippen molar-refractivity contribution in [3.8, 4) is 5.69 Å². The molecule has 3 aromatic rings. The standard InChI is InChI=1S/C24H27N5O3/c30-24(22-8-9-29(26-22)19-4-2-1-3-5-19)25-21-7-6-20(27-10-14-31-15-11-27)18-23(21)28-12-16-32-17-13-28/h1-9,18H,10-17H2,(H,25,30). The highest BCUT2D eigenvalue weighted by molar-refractivity contribution is 6.05. The largest absolute Gasteiger partial charge is 0.378 e. The van der Waals surface area contributed by atoms with E-state index in [9.17, 15) is 4.79 Å². The fourth-order valence-corrected chi connectivity index (χ4v) is 4.07. The average molecular weight is 434 g/mol. The van der Waals surface area contributed by atoms with Crippen LogP contribution in [-0.2, 0) is 9.47 Å². The third kappa shape index (κ3) is 4.46. The van der Waals surface area contributed by atoms with Crippen molar-refractivity contribution >= 4 is 23.0 Å². The number of amides is 1. The first-order chi connectivity index (χ1) is 15.8. The van der Waals surface area contributed by atoms with E-state index < -0.39 is 0 Å². The summed E-state index contributed by atoms with van der Waals surface area (Å²) in [6.07, 6.45) is 1.80. The Labute approximate surface area is 187 Å². The van der Waals surface area contributed by atoms with E-state index >= 15 is 0 Å². The zero-order valence-corrected chi connectivity index (χ0v) is 17.9. The van der Waals surface area contributed by atoms with E-state index in [1.807, 2.05) is 36.4 Å². The lowest BCUT2D eigenvalue weighted by atomic mass is 10.1. The van der Waals surface area contributed by atoms with E-state index in [1.165, 1.54) is 0 Å². The van der Waals surface area contributed by atoms with E-state index in [-0.39, 0.29) is 5.91 Å². The highest BCUT2D eigenvalue weighted by Crippen LogP contribution is 2.32. The van der Waals surface area contributed by atoms with E-state index in [4.69, 9.17) is 9.47 Å². The summed E-state index contributed by atoms with van der Waals surface area (Å²) < 4.78 is 12.7.